The number of hydrogen-bond donors (Lipinski definition) is 2. The van der Waals surface area contributed by atoms with Crippen molar-refractivity contribution >= 4 is 23.7 Å². The molecule has 7 heteroatoms. The fourth-order valence-corrected chi connectivity index (χ4v) is 2.44. The van der Waals surface area contributed by atoms with E-state index in [9.17, 15) is 9.59 Å². The summed E-state index contributed by atoms with van der Waals surface area (Å²) in [6, 6.07) is 11.0. The number of aryl methyl sites for hydroxylation is 2. The first-order chi connectivity index (χ1) is 13.4. The number of carbonyl (C=O) groups excluding carboxylic acids is 2. The van der Waals surface area contributed by atoms with Gasteiger partial charge in [0.15, 0.2) is 11.5 Å². The van der Waals surface area contributed by atoms with Gasteiger partial charge in [0, 0.05) is 18.5 Å². The van der Waals surface area contributed by atoms with Crippen LogP contribution in [0.1, 0.15) is 29.5 Å². The highest BCUT2D eigenvalue weighted by Crippen LogP contribution is 2.26. The second-order valence-corrected chi connectivity index (χ2v) is 6.25. The number of nitrogens with zero attached hydrogens (tertiary/aromatic N) is 1. The number of carbonyl (C=O) groups is 2. The van der Waals surface area contributed by atoms with Crippen LogP contribution < -0.4 is 20.2 Å². The molecule has 0 aliphatic carbocycles. The number of hydrazone groups is 1. The molecule has 0 aliphatic rings. The van der Waals surface area contributed by atoms with E-state index < -0.39 is 0 Å². The normalized spacial score (nSPS) is 10.6. The summed E-state index contributed by atoms with van der Waals surface area (Å²) in [5.74, 6) is 0.619. The first kappa shape index (κ1) is 21.0. The Morgan fingerprint density at radius 2 is 1.64 bits per heavy atom. The van der Waals surface area contributed by atoms with E-state index in [4.69, 9.17) is 9.47 Å². The summed E-state index contributed by atoms with van der Waals surface area (Å²) in [4.78, 5) is 23.8. The van der Waals surface area contributed by atoms with Crippen molar-refractivity contribution in [1.29, 1.82) is 0 Å². The molecule has 0 atom stereocenters. The van der Waals surface area contributed by atoms with Crippen LogP contribution in [-0.2, 0) is 9.59 Å². The molecule has 148 valence electrons. The average Bonchev–Trinajstić information content (AvgIpc) is 2.69. The molecule has 0 heterocycles. The van der Waals surface area contributed by atoms with Gasteiger partial charge in [-0.1, -0.05) is 6.07 Å². The number of hydrogen-bond acceptors (Lipinski definition) is 5. The summed E-state index contributed by atoms with van der Waals surface area (Å²) in [6.45, 7) is 3.99. The fraction of sp³-hybridized carbons (Fsp3) is 0.286. The van der Waals surface area contributed by atoms with Crippen molar-refractivity contribution in [2.24, 2.45) is 5.10 Å². The third-order valence-electron chi connectivity index (χ3n) is 4.18. The van der Waals surface area contributed by atoms with E-state index in [2.05, 4.69) is 15.8 Å². The summed E-state index contributed by atoms with van der Waals surface area (Å²) < 4.78 is 10.4. The lowest BCUT2D eigenvalue weighted by Crippen LogP contribution is -2.20. The van der Waals surface area contributed by atoms with E-state index in [1.807, 2.05) is 32.0 Å². The Kier molecular flexibility index (Phi) is 7.56. The van der Waals surface area contributed by atoms with Gasteiger partial charge < -0.3 is 14.8 Å². The van der Waals surface area contributed by atoms with E-state index >= 15 is 0 Å². The maximum absolute atomic E-state index is 12.0. The standard InChI is InChI=1S/C21H25N3O4/c1-14-5-7-17(11-15(14)2)23-20(25)9-10-21(26)24-22-13-16-6-8-18(27-3)19(12-16)28-4/h5-8,11-13H,9-10H2,1-4H3,(H,23,25)(H,24,26)/b22-13-. The molecule has 28 heavy (non-hydrogen) atoms. The van der Waals surface area contributed by atoms with Gasteiger partial charge in [0.25, 0.3) is 0 Å². The number of benzene rings is 2. The zero-order valence-corrected chi connectivity index (χ0v) is 16.5. The summed E-state index contributed by atoms with van der Waals surface area (Å²) in [5.41, 5.74) is 6.13. The van der Waals surface area contributed by atoms with Crippen molar-refractivity contribution in [2.45, 2.75) is 26.7 Å². The minimum atomic E-state index is -0.341. The first-order valence-corrected chi connectivity index (χ1v) is 8.84. The van der Waals surface area contributed by atoms with Gasteiger partial charge in [-0.05, 0) is 60.9 Å². The number of rotatable bonds is 8. The maximum Gasteiger partial charge on any atom is 0.240 e. The molecule has 2 aromatic rings. The van der Waals surface area contributed by atoms with Crippen LogP contribution >= 0.6 is 0 Å². The quantitative estimate of drug-likeness (QED) is 0.541. The Morgan fingerprint density at radius 3 is 2.32 bits per heavy atom. The van der Waals surface area contributed by atoms with Crippen molar-refractivity contribution in [3.05, 3.63) is 53.1 Å². The maximum atomic E-state index is 12.0. The smallest absolute Gasteiger partial charge is 0.240 e. The predicted molar refractivity (Wildman–Crippen MR) is 109 cm³/mol. The molecule has 2 aromatic carbocycles. The Balaban J connectivity index is 1.79. The van der Waals surface area contributed by atoms with Crippen molar-refractivity contribution in [2.75, 3.05) is 19.5 Å². The number of ether oxygens (including phenoxy) is 2. The van der Waals surface area contributed by atoms with Crippen molar-refractivity contribution in [3.63, 3.8) is 0 Å². The monoisotopic (exact) mass is 383 g/mol. The van der Waals surface area contributed by atoms with Crippen LogP contribution in [0.2, 0.25) is 0 Å². The van der Waals surface area contributed by atoms with Gasteiger partial charge in [0.1, 0.15) is 0 Å². The minimum Gasteiger partial charge on any atom is -0.493 e. The van der Waals surface area contributed by atoms with Gasteiger partial charge in [-0.15, -0.1) is 0 Å². The van der Waals surface area contributed by atoms with Crippen LogP contribution in [0.25, 0.3) is 0 Å². The molecule has 0 spiro atoms. The zero-order valence-electron chi connectivity index (χ0n) is 16.5. The lowest BCUT2D eigenvalue weighted by Gasteiger charge is -2.08. The third-order valence-corrected chi connectivity index (χ3v) is 4.18. The molecule has 0 fully saturated rings. The molecule has 0 saturated heterocycles. The molecule has 2 N–H and O–H groups in total. The fourth-order valence-electron chi connectivity index (χ4n) is 2.44. The highest BCUT2D eigenvalue weighted by Gasteiger charge is 2.08. The van der Waals surface area contributed by atoms with E-state index in [1.165, 1.54) is 6.21 Å². The molecule has 0 aromatic heterocycles. The van der Waals surface area contributed by atoms with Crippen LogP contribution in [0.15, 0.2) is 41.5 Å². The largest absolute Gasteiger partial charge is 0.493 e. The van der Waals surface area contributed by atoms with Gasteiger partial charge in [-0.25, -0.2) is 5.43 Å². The summed E-state index contributed by atoms with van der Waals surface area (Å²) in [5, 5.41) is 6.69. The van der Waals surface area contributed by atoms with E-state index in [0.29, 0.717) is 11.5 Å². The Morgan fingerprint density at radius 1 is 0.929 bits per heavy atom. The molecule has 0 aliphatic heterocycles. The molecule has 0 radical (unpaired) electrons. The number of methoxy groups -OCH3 is 2. The SMILES string of the molecule is COc1ccc(/C=N\NC(=O)CCC(=O)Nc2ccc(C)c(C)c2)cc1OC. The molecule has 0 bridgehead atoms. The molecule has 0 unspecified atom stereocenters. The Hall–Kier alpha value is -3.35. The molecule has 0 saturated carbocycles. The van der Waals surface area contributed by atoms with Crippen LogP contribution in [0.3, 0.4) is 0 Å². The molecular formula is C21H25N3O4. The first-order valence-electron chi connectivity index (χ1n) is 8.84. The lowest BCUT2D eigenvalue weighted by atomic mass is 10.1. The van der Waals surface area contributed by atoms with Gasteiger partial charge in [0.2, 0.25) is 11.8 Å². The van der Waals surface area contributed by atoms with Crippen LogP contribution in [-0.4, -0.2) is 32.2 Å². The van der Waals surface area contributed by atoms with E-state index in [0.717, 1.165) is 22.4 Å². The topological polar surface area (TPSA) is 89.0 Å². The van der Waals surface area contributed by atoms with E-state index in [1.54, 1.807) is 32.4 Å². The highest BCUT2D eigenvalue weighted by atomic mass is 16.5. The van der Waals surface area contributed by atoms with Crippen molar-refractivity contribution in [3.8, 4) is 11.5 Å². The summed E-state index contributed by atoms with van der Waals surface area (Å²) >= 11 is 0. The van der Waals surface area contributed by atoms with Crippen LogP contribution in [0, 0.1) is 13.8 Å². The second-order valence-electron chi connectivity index (χ2n) is 6.25. The van der Waals surface area contributed by atoms with Gasteiger partial charge in [0.05, 0.1) is 20.4 Å². The van der Waals surface area contributed by atoms with E-state index in [-0.39, 0.29) is 24.7 Å². The number of anilines is 1. The number of amides is 2. The van der Waals surface area contributed by atoms with Crippen molar-refractivity contribution in [1.82, 2.24) is 5.43 Å². The van der Waals surface area contributed by atoms with Crippen LogP contribution in [0.5, 0.6) is 11.5 Å². The molecular weight excluding hydrogens is 358 g/mol. The molecule has 7 nitrogen and oxygen atoms in total. The van der Waals surface area contributed by atoms with Gasteiger partial charge in [-0.2, -0.15) is 5.10 Å². The Bertz CT molecular complexity index is 878. The second kappa shape index (κ2) is 10.1. The van der Waals surface area contributed by atoms with Crippen LogP contribution in [0.4, 0.5) is 5.69 Å². The summed E-state index contributed by atoms with van der Waals surface area (Å²) in [7, 11) is 3.10. The van der Waals surface area contributed by atoms with Gasteiger partial charge >= 0.3 is 0 Å². The molecule has 2 rings (SSSR count). The van der Waals surface area contributed by atoms with Crippen molar-refractivity contribution < 1.29 is 19.1 Å². The summed E-state index contributed by atoms with van der Waals surface area (Å²) in [6.07, 6.45) is 1.61. The minimum absolute atomic E-state index is 0.0416. The Labute approximate surface area is 164 Å². The number of nitrogens with one attached hydrogen (secondary N) is 2. The predicted octanol–water partition coefficient (Wildman–Crippen LogP) is 3.19. The molecule has 2 amide bonds. The lowest BCUT2D eigenvalue weighted by molar-refractivity contribution is -0.124. The zero-order chi connectivity index (χ0) is 20.5. The van der Waals surface area contributed by atoms with Gasteiger partial charge in [-0.3, -0.25) is 9.59 Å². The average molecular weight is 383 g/mol. The highest BCUT2D eigenvalue weighted by molar-refractivity contribution is 5.93. The third kappa shape index (κ3) is 6.12.